The fourth-order valence-electron chi connectivity index (χ4n) is 4.03. The Morgan fingerprint density at radius 1 is 1.06 bits per heavy atom. The van der Waals surface area contributed by atoms with Crippen molar-refractivity contribution in [3.8, 4) is 5.75 Å². The van der Waals surface area contributed by atoms with Gasteiger partial charge < -0.3 is 18.5 Å². The second-order valence-electron chi connectivity index (χ2n) is 7.78. The van der Waals surface area contributed by atoms with E-state index in [1.807, 2.05) is 47.0 Å². The Morgan fingerprint density at radius 2 is 1.91 bits per heavy atom. The van der Waals surface area contributed by atoms with Gasteiger partial charge in [-0.15, -0.1) is 0 Å². The number of benzene rings is 3. The lowest BCUT2D eigenvalue weighted by Gasteiger charge is -2.21. The first kappa shape index (κ1) is 22.5. The molecule has 2 aromatic heterocycles. The molecule has 3 aromatic carbocycles. The minimum atomic E-state index is -0.475. The van der Waals surface area contributed by atoms with Crippen molar-refractivity contribution in [1.29, 1.82) is 0 Å². The molecular weight excluding hydrogens is 475 g/mol. The van der Waals surface area contributed by atoms with Gasteiger partial charge in [0.1, 0.15) is 6.10 Å². The highest BCUT2D eigenvalue weighted by Gasteiger charge is 2.20. The molecule has 0 aliphatic rings. The first-order valence-electron chi connectivity index (χ1n) is 10.6. The van der Waals surface area contributed by atoms with Crippen LogP contribution in [0.2, 0.25) is 10.0 Å². The topological polar surface area (TPSA) is 66.5 Å². The Balaban J connectivity index is 1.52. The zero-order chi connectivity index (χ0) is 23.7. The van der Waals surface area contributed by atoms with Crippen LogP contribution in [0.25, 0.3) is 22.0 Å². The highest BCUT2D eigenvalue weighted by Crippen LogP contribution is 2.33. The molecule has 0 saturated heterocycles. The second-order valence-corrected chi connectivity index (χ2v) is 8.62. The van der Waals surface area contributed by atoms with Crippen molar-refractivity contribution in [2.24, 2.45) is 0 Å². The van der Waals surface area contributed by atoms with Gasteiger partial charge in [0.25, 0.3) is 0 Å². The molecule has 0 aliphatic carbocycles. The van der Waals surface area contributed by atoms with E-state index in [0.29, 0.717) is 33.5 Å². The first-order chi connectivity index (χ1) is 16.5. The number of fused-ring (bicyclic) bond motifs is 2. The van der Waals surface area contributed by atoms with Crippen LogP contribution in [0.4, 0.5) is 0 Å². The van der Waals surface area contributed by atoms with Gasteiger partial charge in [0, 0.05) is 27.1 Å². The van der Waals surface area contributed by atoms with E-state index >= 15 is 0 Å². The van der Waals surface area contributed by atoms with Crippen molar-refractivity contribution in [2.45, 2.75) is 19.3 Å². The average molecular weight is 495 g/mol. The number of nitrogens with zero attached hydrogens (tertiary/aromatic N) is 2. The van der Waals surface area contributed by atoms with E-state index in [9.17, 15) is 4.79 Å². The lowest BCUT2D eigenvalue weighted by molar-refractivity contribution is 0.0292. The van der Waals surface area contributed by atoms with Crippen LogP contribution < -0.4 is 10.4 Å². The third kappa shape index (κ3) is 4.40. The SMILES string of the molecule is COc1cccc2c(COC(Cn3cnc4ccccc43)c3ccc(Cl)cc3Cl)cc(=O)oc12. The third-order valence-corrected chi connectivity index (χ3v) is 6.24. The highest BCUT2D eigenvalue weighted by molar-refractivity contribution is 6.35. The number of imidazole rings is 1. The summed E-state index contributed by atoms with van der Waals surface area (Å²) in [5.41, 5.74) is 3.26. The monoisotopic (exact) mass is 494 g/mol. The van der Waals surface area contributed by atoms with Gasteiger partial charge in [-0.2, -0.15) is 0 Å². The molecule has 2 heterocycles. The number of halogens is 2. The molecule has 1 atom stereocenters. The Bertz CT molecular complexity index is 1540. The quantitative estimate of drug-likeness (QED) is 0.244. The van der Waals surface area contributed by atoms with Crippen molar-refractivity contribution < 1.29 is 13.9 Å². The highest BCUT2D eigenvalue weighted by atomic mass is 35.5. The smallest absolute Gasteiger partial charge is 0.336 e. The van der Waals surface area contributed by atoms with E-state index in [1.165, 1.54) is 13.2 Å². The molecule has 5 rings (SSSR count). The summed E-state index contributed by atoms with van der Waals surface area (Å²) in [6.45, 7) is 0.621. The maximum absolute atomic E-state index is 12.3. The molecule has 6 nitrogen and oxygen atoms in total. The van der Waals surface area contributed by atoms with Gasteiger partial charge in [-0.05, 0) is 35.9 Å². The van der Waals surface area contributed by atoms with Gasteiger partial charge in [-0.3, -0.25) is 0 Å². The maximum atomic E-state index is 12.3. The molecule has 0 saturated carbocycles. The second kappa shape index (κ2) is 9.50. The molecule has 34 heavy (non-hydrogen) atoms. The van der Waals surface area contributed by atoms with Crippen molar-refractivity contribution in [3.05, 3.63) is 105 Å². The normalized spacial score (nSPS) is 12.3. The summed E-state index contributed by atoms with van der Waals surface area (Å²) >= 11 is 12.7. The molecule has 0 radical (unpaired) electrons. The number of hydrogen-bond acceptors (Lipinski definition) is 5. The van der Waals surface area contributed by atoms with Crippen molar-refractivity contribution in [3.63, 3.8) is 0 Å². The molecule has 5 aromatic rings. The lowest BCUT2D eigenvalue weighted by Crippen LogP contribution is -2.14. The van der Waals surface area contributed by atoms with Gasteiger partial charge in [-0.1, -0.05) is 53.5 Å². The van der Waals surface area contributed by atoms with Crippen LogP contribution in [0, 0.1) is 0 Å². The molecule has 0 aliphatic heterocycles. The number of hydrogen-bond donors (Lipinski definition) is 0. The van der Waals surface area contributed by atoms with Crippen LogP contribution in [-0.4, -0.2) is 16.7 Å². The maximum Gasteiger partial charge on any atom is 0.336 e. The minimum Gasteiger partial charge on any atom is -0.493 e. The Morgan fingerprint density at radius 3 is 2.74 bits per heavy atom. The van der Waals surface area contributed by atoms with Gasteiger partial charge in [0.2, 0.25) is 0 Å². The van der Waals surface area contributed by atoms with E-state index in [0.717, 1.165) is 22.0 Å². The van der Waals surface area contributed by atoms with E-state index in [1.54, 1.807) is 24.5 Å². The van der Waals surface area contributed by atoms with E-state index in [2.05, 4.69) is 4.98 Å². The molecule has 0 spiro atoms. The minimum absolute atomic E-state index is 0.158. The van der Waals surface area contributed by atoms with E-state index < -0.39 is 11.7 Å². The zero-order valence-corrected chi connectivity index (χ0v) is 19.7. The van der Waals surface area contributed by atoms with Gasteiger partial charge in [0.15, 0.2) is 11.3 Å². The number of para-hydroxylation sites is 3. The number of aromatic nitrogens is 2. The molecule has 1 unspecified atom stereocenters. The van der Waals surface area contributed by atoms with Gasteiger partial charge >= 0.3 is 5.63 Å². The summed E-state index contributed by atoms with van der Waals surface area (Å²) in [7, 11) is 1.53. The average Bonchev–Trinajstić information content (AvgIpc) is 3.24. The molecular formula is C26H20Cl2N2O4. The summed E-state index contributed by atoms with van der Waals surface area (Å²) in [6.07, 6.45) is 1.35. The molecule has 8 heteroatoms. The van der Waals surface area contributed by atoms with Crippen LogP contribution >= 0.6 is 23.2 Å². The summed E-state index contributed by atoms with van der Waals surface area (Å²) in [5, 5.41) is 1.79. The van der Waals surface area contributed by atoms with Crippen molar-refractivity contribution >= 4 is 45.2 Å². The zero-order valence-electron chi connectivity index (χ0n) is 18.2. The number of methoxy groups -OCH3 is 1. The summed E-state index contributed by atoms with van der Waals surface area (Å²) in [4.78, 5) is 16.7. The van der Waals surface area contributed by atoms with Crippen LogP contribution in [0.15, 0.2) is 82.3 Å². The molecule has 0 fully saturated rings. The predicted octanol–water partition coefficient (Wildman–Crippen LogP) is 6.42. The summed E-state index contributed by atoms with van der Waals surface area (Å²) in [6, 6.07) is 20.1. The lowest BCUT2D eigenvalue weighted by atomic mass is 10.1. The van der Waals surface area contributed by atoms with Gasteiger partial charge in [0.05, 0.1) is 37.6 Å². The predicted molar refractivity (Wildman–Crippen MR) is 133 cm³/mol. The largest absolute Gasteiger partial charge is 0.493 e. The van der Waals surface area contributed by atoms with Crippen LogP contribution in [0.3, 0.4) is 0 Å². The third-order valence-electron chi connectivity index (χ3n) is 5.68. The summed E-state index contributed by atoms with van der Waals surface area (Å²) < 4.78 is 19.2. The Kier molecular flexibility index (Phi) is 6.28. The van der Waals surface area contributed by atoms with Crippen molar-refractivity contribution in [1.82, 2.24) is 9.55 Å². The van der Waals surface area contributed by atoms with Gasteiger partial charge in [-0.25, -0.2) is 9.78 Å². The standard InChI is InChI=1S/C26H20Cl2N2O4/c1-32-23-8-4-5-18-16(11-25(31)34-26(18)23)14-33-24(19-10-9-17(27)12-20(19)28)13-30-15-29-21-6-2-3-7-22(21)30/h2-12,15,24H,13-14H2,1H3. The Labute approximate surface area is 205 Å². The van der Waals surface area contributed by atoms with Crippen LogP contribution in [0.5, 0.6) is 5.75 Å². The summed E-state index contributed by atoms with van der Waals surface area (Å²) in [5.74, 6) is 0.485. The molecule has 0 bridgehead atoms. The number of rotatable bonds is 7. The van der Waals surface area contributed by atoms with Crippen LogP contribution in [-0.2, 0) is 17.9 Å². The molecule has 172 valence electrons. The molecule has 0 amide bonds. The van der Waals surface area contributed by atoms with E-state index in [4.69, 9.17) is 37.1 Å². The van der Waals surface area contributed by atoms with E-state index in [-0.39, 0.29) is 6.61 Å². The Hall–Kier alpha value is -3.32. The van der Waals surface area contributed by atoms with Crippen molar-refractivity contribution in [2.75, 3.05) is 7.11 Å². The fourth-order valence-corrected chi connectivity index (χ4v) is 4.56. The first-order valence-corrected chi connectivity index (χ1v) is 11.4. The molecule has 0 N–H and O–H groups in total. The fraction of sp³-hybridized carbons (Fsp3) is 0.154. The van der Waals surface area contributed by atoms with Crippen LogP contribution in [0.1, 0.15) is 17.2 Å². The number of ether oxygens (including phenoxy) is 2.